The molecule has 2 unspecified atom stereocenters. The van der Waals surface area contributed by atoms with Crippen LogP contribution in [0.1, 0.15) is 49.7 Å². The van der Waals surface area contributed by atoms with E-state index in [0.29, 0.717) is 12.6 Å². The quantitative estimate of drug-likeness (QED) is 0.887. The van der Waals surface area contributed by atoms with Crippen LogP contribution in [0.2, 0.25) is 0 Å². The van der Waals surface area contributed by atoms with E-state index in [2.05, 4.69) is 22.9 Å². The minimum atomic E-state index is 0.600. The second-order valence-electron chi connectivity index (χ2n) is 6.08. The molecule has 2 aliphatic rings. The third-order valence-corrected chi connectivity index (χ3v) is 4.99. The number of rotatable bonds is 2. The van der Waals surface area contributed by atoms with Crippen molar-refractivity contribution in [2.75, 3.05) is 11.4 Å². The van der Waals surface area contributed by atoms with E-state index in [1.54, 1.807) is 0 Å². The standard InChI is InChI=1S/C16H25N3/c1-12-8-9-18-16(14(12)11-17)19-10-4-6-13-5-2-3-7-15(13)19/h8-9,13,15H,2-7,10-11,17H2,1H3. The number of nitrogens with zero attached hydrogens (tertiary/aromatic N) is 2. The van der Waals surface area contributed by atoms with Crippen molar-refractivity contribution in [1.29, 1.82) is 0 Å². The van der Waals surface area contributed by atoms with Gasteiger partial charge in [0.2, 0.25) is 0 Å². The van der Waals surface area contributed by atoms with Gasteiger partial charge in [-0.1, -0.05) is 12.8 Å². The number of aromatic nitrogens is 1. The second kappa shape index (κ2) is 5.49. The molecule has 1 saturated carbocycles. The number of hydrogen-bond acceptors (Lipinski definition) is 3. The van der Waals surface area contributed by atoms with Crippen molar-refractivity contribution < 1.29 is 0 Å². The Labute approximate surface area is 116 Å². The molecule has 3 rings (SSSR count). The fourth-order valence-corrected chi connectivity index (χ4v) is 3.96. The number of aryl methyl sites for hydroxylation is 1. The molecular formula is C16H25N3. The number of anilines is 1. The van der Waals surface area contributed by atoms with Gasteiger partial charge in [-0.05, 0) is 50.2 Å². The number of piperidine rings is 1. The van der Waals surface area contributed by atoms with Crippen molar-refractivity contribution in [1.82, 2.24) is 4.98 Å². The molecule has 1 aliphatic heterocycles. The fraction of sp³-hybridized carbons (Fsp3) is 0.688. The average molecular weight is 259 g/mol. The Bertz CT molecular complexity index is 442. The molecule has 1 saturated heterocycles. The van der Waals surface area contributed by atoms with Crippen LogP contribution in [0.25, 0.3) is 0 Å². The largest absolute Gasteiger partial charge is 0.353 e. The topological polar surface area (TPSA) is 42.2 Å². The van der Waals surface area contributed by atoms with Gasteiger partial charge in [-0.3, -0.25) is 0 Å². The summed E-state index contributed by atoms with van der Waals surface area (Å²) in [6, 6.07) is 2.79. The minimum Gasteiger partial charge on any atom is -0.353 e. The highest BCUT2D eigenvalue weighted by Crippen LogP contribution is 2.38. The van der Waals surface area contributed by atoms with Crippen LogP contribution in [0, 0.1) is 12.8 Å². The maximum absolute atomic E-state index is 5.96. The number of hydrogen-bond donors (Lipinski definition) is 1. The van der Waals surface area contributed by atoms with Crippen molar-refractivity contribution in [3.63, 3.8) is 0 Å². The Morgan fingerprint density at radius 1 is 1.26 bits per heavy atom. The van der Waals surface area contributed by atoms with Crippen molar-refractivity contribution in [3.8, 4) is 0 Å². The van der Waals surface area contributed by atoms with Gasteiger partial charge in [0.25, 0.3) is 0 Å². The lowest BCUT2D eigenvalue weighted by Gasteiger charge is -2.45. The first-order valence-corrected chi connectivity index (χ1v) is 7.72. The maximum atomic E-state index is 5.96. The summed E-state index contributed by atoms with van der Waals surface area (Å²) in [6.07, 6.45) is 10.2. The van der Waals surface area contributed by atoms with Gasteiger partial charge in [0.05, 0.1) is 0 Å². The van der Waals surface area contributed by atoms with Crippen LogP contribution in [0.5, 0.6) is 0 Å². The lowest BCUT2D eigenvalue weighted by atomic mass is 9.78. The molecule has 1 aromatic heterocycles. The van der Waals surface area contributed by atoms with Crippen LogP contribution in [0.4, 0.5) is 5.82 Å². The SMILES string of the molecule is Cc1ccnc(N2CCCC3CCCCC32)c1CN. The molecule has 104 valence electrons. The van der Waals surface area contributed by atoms with Crippen molar-refractivity contribution >= 4 is 5.82 Å². The highest BCUT2D eigenvalue weighted by Gasteiger charge is 2.34. The van der Waals surface area contributed by atoms with Crippen molar-refractivity contribution in [2.45, 2.75) is 58.0 Å². The van der Waals surface area contributed by atoms with Crippen LogP contribution < -0.4 is 10.6 Å². The lowest BCUT2D eigenvalue weighted by molar-refractivity contribution is 0.242. The van der Waals surface area contributed by atoms with E-state index < -0.39 is 0 Å². The Morgan fingerprint density at radius 3 is 2.89 bits per heavy atom. The molecule has 19 heavy (non-hydrogen) atoms. The predicted molar refractivity (Wildman–Crippen MR) is 79.2 cm³/mol. The summed E-state index contributed by atoms with van der Waals surface area (Å²) in [6.45, 7) is 3.91. The molecule has 2 fully saturated rings. The molecule has 2 heterocycles. The third-order valence-electron chi connectivity index (χ3n) is 4.99. The van der Waals surface area contributed by atoms with Gasteiger partial charge in [0.1, 0.15) is 5.82 Å². The zero-order valence-corrected chi connectivity index (χ0v) is 11.9. The van der Waals surface area contributed by atoms with Gasteiger partial charge in [0, 0.05) is 30.9 Å². The van der Waals surface area contributed by atoms with Crippen LogP contribution in [-0.4, -0.2) is 17.6 Å². The van der Waals surface area contributed by atoms with E-state index in [0.717, 1.165) is 12.5 Å². The Kier molecular flexibility index (Phi) is 3.74. The monoisotopic (exact) mass is 259 g/mol. The Morgan fingerprint density at radius 2 is 2.05 bits per heavy atom. The van der Waals surface area contributed by atoms with E-state index >= 15 is 0 Å². The molecule has 3 heteroatoms. The van der Waals surface area contributed by atoms with Gasteiger partial charge in [0.15, 0.2) is 0 Å². The van der Waals surface area contributed by atoms with Crippen LogP contribution >= 0.6 is 0 Å². The van der Waals surface area contributed by atoms with Gasteiger partial charge >= 0.3 is 0 Å². The molecule has 0 aromatic carbocycles. The molecule has 2 N–H and O–H groups in total. The predicted octanol–water partition coefficient (Wildman–Crippen LogP) is 3.01. The lowest BCUT2D eigenvalue weighted by Crippen LogP contribution is -2.47. The van der Waals surface area contributed by atoms with E-state index in [1.807, 2.05) is 6.20 Å². The molecule has 3 nitrogen and oxygen atoms in total. The first kappa shape index (κ1) is 12.9. The summed E-state index contributed by atoms with van der Waals surface area (Å²) in [5.41, 5.74) is 8.49. The van der Waals surface area contributed by atoms with Crippen LogP contribution in [0.3, 0.4) is 0 Å². The van der Waals surface area contributed by atoms with Crippen molar-refractivity contribution in [2.24, 2.45) is 11.7 Å². The Hall–Kier alpha value is -1.09. The zero-order chi connectivity index (χ0) is 13.2. The highest BCUT2D eigenvalue weighted by atomic mass is 15.2. The first-order valence-electron chi connectivity index (χ1n) is 7.72. The third kappa shape index (κ3) is 2.36. The maximum Gasteiger partial charge on any atom is 0.133 e. The average Bonchev–Trinajstić information content (AvgIpc) is 2.46. The van der Waals surface area contributed by atoms with Crippen molar-refractivity contribution in [3.05, 3.63) is 23.4 Å². The fourth-order valence-electron chi connectivity index (χ4n) is 3.96. The van der Waals surface area contributed by atoms with E-state index in [9.17, 15) is 0 Å². The normalized spacial score (nSPS) is 27.2. The molecule has 0 radical (unpaired) electrons. The summed E-state index contributed by atoms with van der Waals surface area (Å²) < 4.78 is 0. The first-order chi connectivity index (χ1) is 9.31. The summed E-state index contributed by atoms with van der Waals surface area (Å²) in [4.78, 5) is 7.24. The van der Waals surface area contributed by atoms with Crippen LogP contribution in [0.15, 0.2) is 12.3 Å². The summed E-state index contributed by atoms with van der Waals surface area (Å²) in [7, 11) is 0. The number of pyridine rings is 1. The van der Waals surface area contributed by atoms with E-state index in [4.69, 9.17) is 5.73 Å². The number of fused-ring (bicyclic) bond motifs is 1. The second-order valence-corrected chi connectivity index (χ2v) is 6.08. The van der Waals surface area contributed by atoms with Gasteiger partial charge < -0.3 is 10.6 Å². The smallest absolute Gasteiger partial charge is 0.133 e. The number of nitrogens with two attached hydrogens (primary N) is 1. The van der Waals surface area contributed by atoms with Gasteiger partial charge in [-0.2, -0.15) is 0 Å². The van der Waals surface area contributed by atoms with E-state index in [-0.39, 0.29) is 0 Å². The molecular weight excluding hydrogens is 234 g/mol. The summed E-state index contributed by atoms with van der Waals surface area (Å²) in [5.74, 6) is 2.05. The van der Waals surface area contributed by atoms with Gasteiger partial charge in [-0.25, -0.2) is 4.98 Å². The molecule has 1 aliphatic carbocycles. The molecule has 2 atom stereocenters. The summed E-state index contributed by atoms with van der Waals surface area (Å²) >= 11 is 0. The van der Waals surface area contributed by atoms with Gasteiger partial charge in [-0.15, -0.1) is 0 Å². The van der Waals surface area contributed by atoms with E-state index in [1.165, 1.54) is 55.5 Å². The molecule has 0 spiro atoms. The van der Waals surface area contributed by atoms with Crippen LogP contribution in [-0.2, 0) is 6.54 Å². The minimum absolute atomic E-state index is 0.600. The highest BCUT2D eigenvalue weighted by molar-refractivity contribution is 5.51. The molecule has 0 bridgehead atoms. The molecule has 0 amide bonds. The molecule has 1 aromatic rings. The Balaban J connectivity index is 1.94. The summed E-state index contributed by atoms with van der Waals surface area (Å²) in [5, 5.41) is 0. The zero-order valence-electron chi connectivity index (χ0n) is 11.9.